The number of hydrogen-bond donors (Lipinski definition) is 2. The number of carbonyl (C=O) groups excluding carboxylic acids is 2. The molecule has 2 N–H and O–H groups in total. The number of nitrogens with one attached hydrogen (secondary N) is 1. The second-order valence-corrected chi connectivity index (χ2v) is 6.58. The monoisotopic (exact) mass is 370 g/mol. The standard InChI is InChI=1S/C20H19FN2O4/c1-11-9-12(2)17(10-16(11)20(26)27)22-18(24)15-7-8-23(19(15)25)14-5-3-13(21)4-6-14/h3-6,9-10,15H,7-8H2,1-2H3,(H,22,24)(H,26,27). The third kappa shape index (κ3) is 3.67. The van der Waals surface area contributed by atoms with E-state index in [0.29, 0.717) is 35.5 Å². The van der Waals surface area contributed by atoms with E-state index in [-0.39, 0.29) is 11.5 Å². The largest absolute Gasteiger partial charge is 0.478 e. The summed E-state index contributed by atoms with van der Waals surface area (Å²) in [5, 5.41) is 11.9. The van der Waals surface area contributed by atoms with Crippen molar-refractivity contribution >= 4 is 29.2 Å². The smallest absolute Gasteiger partial charge is 0.336 e. The lowest BCUT2D eigenvalue weighted by molar-refractivity contribution is -0.129. The molecule has 3 rings (SSSR count). The van der Waals surface area contributed by atoms with E-state index >= 15 is 0 Å². The number of benzene rings is 2. The summed E-state index contributed by atoms with van der Waals surface area (Å²) in [4.78, 5) is 38.0. The van der Waals surface area contributed by atoms with Crippen LogP contribution in [0.2, 0.25) is 0 Å². The van der Waals surface area contributed by atoms with Crippen molar-refractivity contribution in [1.29, 1.82) is 0 Å². The fourth-order valence-corrected chi connectivity index (χ4v) is 3.24. The number of halogens is 1. The van der Waals surface area contributed by atoms with Crippen molar-refractivity contribution in [2.75, 3.05) is 16.8 Å². The highest BCUT2D eigenvalue weighted by molar-refractivity contribution is 6.13. The molecule has 0 radical (unpaired) electrons. The Labute approximate surface area is 155 Å². The van der Waals surface area contributed by atoms with Gasteiger partial charge in [-0.1, -0.05) is 6.07 Å². The van der Waals surface area contributed by atoms with Crippen LogP contribution in [0, 0.1) is 25.6 Å². The molecule has 1 aliphatic heterocycles. The molecule has 2 aromatic rings. The normalized spacial score (nSPS) is 16.5. The van der Waals surface area contributed by atoms with Gasteiger partial charge in [-0.05, 0) is 61.7 Å². The summed E-state index contributed by atoms with van der Waals surface area (Å²) in [7, 11) is 0. The van der Waals surface area contributed by atoms with Crippen LogP contribution in [0.1, 0.15) is 27.9 Å². The maximum Gasteiger partial charge on any atom is 0.336 e. The number of nitrogens with zero attached hydrogens (tertiary/aromatic N) is 1. The first-order valence-corrected chi connectivity index (χ1v) is 8.50. The zero-order chi connectivity index (χ0) is 19.7. The van der Waals surface area contributed by atoms with Gasteiger partial charge < -0.3 is 15.3 Å². The Bertz CT molecular complexity index is 924. The number of aromatic carboxylic acids is 1. The van der Waals surface area contributed by atoms with Gasteiger partial charge in [0, 0.05) is 17.9 Å². The number of amides is 2. The van der Waals surface area contributed by atoms with Crippen LogP contribution in [0.3, 0.4) is 0 Å². The van der Waals surface area contributed by atoms with Crippen LogP contribution in [0.5, 0.6) is 0 Å². The Morgan fingerprint density at radius 2 is 1.81 bits per heavy atom. The molecule has 1 heterocycles. The molecule has 1 fully saturated rings. The van der Waals surface area contributed by atoms with Crippen LogP contribution in [0.15, 0.2) is 36.4 Å². The van der Waals surface area contributed by atoms with E-state index in [4.69, 9.17) is 0 Å². The van der Waals surface area contributed by atoms with Gasteiger partial charge in [0.05, 0.1) is 5.56 Å². The molecule has 1 saturated heterocycles. The summed E-state index contributed by atoms with van der Waals surface area (Å²) in [5.74, 6) is -3.19. The molecule has 0 spiro atoms. The summed E-state index contributed by atoms with van der Waals surface area (Å²) in [6.07, 6.45) is 0.332. The van der Waals surface area contributed by atoms with Crippen LogP contribution in [-0.4, -0.2) is 29.4 Å². The van der Waals surface area contributed by atoms with Crippen molar-refractivity contribution in [3.63, 3.8) is 0 Å². The first-order chi connectivity index (χ1) is 12.8. The van der Waals surface area contributed by atoms with Crippen molar-refractivity contribution in [2.45, 2.75) is 20.3 Å². The molecule has 2 aromatic carbocycles. The van der Waals surface area contributed by atoms with Crippen LogP contribution in [0.4, 0.5) is 15.8 Å². The van der Waals surface area contributed by atoms with Crippen LogP contribution >= 0.6 is 0 Å². The minimum atomic E-state index is -1.08. The summed E-state index contributed by atoms with van der Waals surface area (Å²) < 4.78 is 13.1. The zero-order valence-electron chi connectivity index (χ0n) is 15.0. The lowest BCUT2D eigenvalue weighted by Gasteiger charge is -2.17. The molecule has 1 aliphatic rings. The third-order valence-electron chi connectivity index (χ3n) is 4.72. The summed E-state index contributed by atoms with van der Waals surface area (Å²) in [5.41, 5.74) is 2.32. The number of rotatable bonds is 4. The lowest BCUT2D eigenvalue weighted by atomic mass is 10.0. The second kappa shape index (κ2) is 7.19. The summed E-state index contributed by atoms with van der Waals surface area (Å²) in [6, 6.07) is 8.61. The Balaban J connectivity index is 1.77. The number of carbonyl (C=O) groups is 3. The Morgan fingerprint density at radius 3 is 2.44 bits per heavy atom. The molecule has 0 aliphatic carbocycles. The van der Waals surface area contributed by atoms with Crippen molar-refractivity contribution in [2.24, 2.45) is 5.92 Å². The summed E-state index contributed by atoms with van der Waals surface area (Å²) >= 11 is 0. The van der Waals surface area contributed by atoms with Gasteiger partial charge in [-0.25, -0.2) is 9.18 Å². The van der Waals surface area contributed by atoms with Gasteiger partial charge in [-0.3, -0.25) is 9.59 Å². The molecule has 6 nitrogen and oxygen atoms in total. The van der Waals surface area contributed by atoms with Gasteiger partial charge in [0.15, 0.2) is 0 Å². The number of hydrogen-bond acceptors (Lipinski definition) is 3. The maximum atomic E-state index is 13.1. The van der Waals surface area contributed by atoms with E-state index in [1.807, 2.05) is 0 Å². The molecule has 2 amide bonds. The first-order valence-electron chi connectivity index (χ1n) is 8.50. The average molecular weight is 370 g/mol. The van der Waals surface area contributed by atoms with Crippen molar-refractivity contribution < 1.29 is 23.9 Å². The number of carboxylic acids is 1. The molecule has 7 heteroatoms. The van der Waals surface area contributed by atoms with Crippen LogP contribution in [-0.2, 0) is 9.59 Å². The zero-order valence-corrected chi connectivity index (χ0v) is 15.0. The second-order valence-electron chi connectivity index (χ2n) is 6.58. The van der Waals surface area contributed by atoms with Crippen LogP contribution in [0.25, 0.3) is 0 Å². The van der Waals surface area contributed by atoms with Crippen molar-refractivity contribution in [3.8, 4) is 0 Å². The highest BCUT2D eigenvalue weighted by Gasteiger charge is 2.37. The predicted molar refractivity (Wildman–Crippen MR) is 98.4 cm³/mol. The van der Waals surface area contributed by atoms with E-state index in [1.165, 1.54) is 35.2 Å². The molecule has 0 aromatic heterocycles. The van der Waals surface area contributed by atoms with E-state index in [9.17, 15) is 23.9 Å². The molecule has 0 saturated carbocycles. The fourth-order valence-electron chi connectivity index (χ4n) is 3.24. The SMILES string of the molecule is Cc1cc(C)c(C(=O)O)cc1NC(=O)C1CCN(c2ccc(F)cc2)C1=O. The third-order valence-corrected chi connectivity index (χ3v) is 4.72. The Hall–Kier alpha value is -3.22. The van der Waals surface area contributed by atoms with Crippen molar-refractivity contribution in [3.05, 3.63) is 58.9 Å². The number of anilines is 2. The Morgan fingerprint density at radius 1 is 1.15 bits per heavy atom. The minimum absolute atomic E-state index is 0.0987. The van der Waals surface area contributed by atoms with Gasteiger partial charge in [0.25, 0.3) is 0 Å². The fraction of sp³-hybridized carbons (Fsp3) is 0.250. The highest BCUT2D eigenvalue weighted by atomic mass is 19.1. The molecular formula is C20H19FN2O4. The topological polar surface area (TPSA) is 86.7 Å². The molecule has 1 unspecified atom stereocenters. The molecule has 0 bridgehead atoms. The molecule has 1 atom stereocenters. The maximum absolute atomic E-state index is 13.1. The highest BCUT2D eigenvalue weighted by Crippen LogP contribution is 2.27. The van der Waals surface area contributed by atoms with Crippen LogP contribution < -0.4 is 10.2 Å². The average Bonchev–Trinajstić information content (AvgIpc) is 2.99. The van der Waals surface area contributed by atoms with Gasteiger partial charge in [-0.2, -0.15) is 0 Å². The van der Waals surface area contributed by atoms with Gasteiger partial charge in [-0.15, -0.1) is 0 Å². The quantitative estimate of drug-likeness (QED) is 0.810. The van der Waals surface area contributed by atoms with Gasteiger partial charge >= 0.3 is 5.97 Å². The number of carboxylic acid groups (broad SMARTS) is 1. The molecule has 27 heavy (non-hydrogen) atoms. The van der Waals surface area contributed by atoms with E-state index in [1.54, 1.807) is 19.9 Å². The van der Waals surface area contributed by atoms with E-state index in [2.05, 4.69) is 5.32 Å². The lowest BCUT2D eigenvalue weighted by Crippen LogP contribution is -2.33. The van der Waals surface area contributed by atoms with E-state index in [0.717, 1.165) is 0 Å². The van der Waals surface area contributed by atoms with Gasteiger partial charge in [0.1, 0.15) is 11.7 Å². The first kappa shape index (κ1) is 18.6. The minimum Gasteiger partial charge on any atom is -0.478 e. The number of aryl methyl sites for hydroxylation is 2. The predicted octanol–water partition coefficient (Wildman–Crippen LogP) is 3.13. The molecular weight excluding hydrogens is 351 g/mol. The summed E-state index contributed by atoms with van der Waals surface area (Å²) in [6.45, 7) is 3.80. The van der Waals surface area contributed by atoms with E-state index < -0.39 is 23.6 Å². The Kier molecular flexibility index (Phi) is 4.94. The molecule has 140 valence electrons. The van der Waals surface area contributed by atoms with Gasteiger partial charge in [0.2, 0.25) is 11.8 Å². The van der Waals surface area contributed by atoms with Crippen molar-refractivity contribution in [1.82, 2.24) is 0 Å².